The maximum atomic E-state index is 12.7. The van der Waals surface area contributed by atoms with Gasteiger partial charge in [-0.15, -0.1) is 0 Å². The minimum atomic E-state index is -1.14. The number of carboxylic acids is 1. The first-order valence-corrected chi connectivity index (χ1v) is 9.79. The monoisotopic (exact) mass is 412 g/mol. The van der Waals surface area contributed by atoms with Crippen molar-refractivity contribution in [2.75, 3.05) is 5.75 Å². The van der Waals surface area contributed by atoms with E-state index in [9.17, 15) is 19.5 Å². The van der Waals surface area contributed by atoms with Gasteiger partial charge in [-0.1, -0.05) is 55.1 Å². The minimum Gasteiger partial charge on any atom is -0.480 e. The van der Waals surface area contributed by atoms with Gasteiger partial charge in [0.15, 0.2) is 0 Å². The van der Waals surface area contributed by atoms with Crippen LogP contribution in [0.3, 0.4) is 0 Å². The molecule has 0 aliphatic carbocycles. The third kappa shape index (κ3) is 6.80. The predicted molar refractivity (Wildman–Crippen MR) is 116 cm³/mol. The summed E-state index contributed by atoms with van der Waals surface area (Å²) in [6.07, 6.45) is 2.08. The third-order valence-electron chi connectivity index (χ3n) is 4.35. The lowest BCUT2D eigenvalue weighted by molar-refractivity contribution is -0.142. The van der Waals surface area contributed by atoms with Crippen LogP contribution in [-0.2, 0) is 16.0 Å². The molecule has 1 unspecified atom stereocenters. The van der Waals surface area contributed by atoms with Gasteiger partial charge in [-0.25, -0.2) is 4.79 Å². The fourth-order valence-electron chi connectivity index (χ4n) is 2.73. The van der Waals surface area contributed by atoms with E-state index in [0.29, 0.717) is 11.3 Å². The molecule has 0 aliphatic rings. The molecular formula is C22H24N2O4S. The Labute approximate surface area is 175 Å². The zero-order chi connectivity index (χ0) is 21.2. The van der Waals surface area contributed by atoms with Gasteiger partial charge in [-0.3, -0.25) is 9.59 Å². The van der Waals surface area contributed by atoms with Crippen LogP contribution in [0, 0.1) is 0 Å². The Bertz CT molecular complexity index is 853. The van der Waals surface area contributed by atoms with Gasteiger partial charge in [0, 0.05) is 12.0 Å². The number of amides is 2. The molecule has 0 aliphatic heterocycles. The van der Waals surface area contributed by atoms with E-state index < -0.39 is 29.9 Å². The molecule has 29 heavy (non-hydrogen) atoms. The summed E-state index contributed by atoms with van der Waals surface area (Å²) in [6, 6.07) is 13.8. The van der Waals surface area contributed by atoms with Gasteiger partial charge >= 0.3 is 5.97 Å². The molecule has 0 radical (unpaired) electrons. The predicted octanol–water partition coefficient (Wildman–Crippen LogP) is 2.56. The van der Waals surface area contributed by atoms with Crippen molar-refractivity contribution in [3.63, 3.8) is 0 Å². The van der Waals surface area contributed by atoms with Gasteiger partial charge in [0.1, 0.15) is 12.1 Å². The molecule has 0 heterocycles. The van der Waals surface area contributed by atoms with E-state index in [2.05, 4.69) is 29.8 Å². The van der Waals surface area contributed by atoms with Crippen LogP contribution in [-0.4, -0.2) is 40.7 Å². The SMILES string of the molecule is C=Cc1ccc(C(=O)NC(CCS)C(=O)N[C@H](Cc2ccccc2)C(=O)O)cc1. The second-order valence-electron chi connectivity index (χ2n) is 6.45. The van der Waals surface area contributed by atoms with Gasteiger partial charge in [-0.05, 0) is 35.4 Å². The number of carbonyl (C=O) groups is 3. The summed E-state index contributed by atoms with van der Waals surface area (Å²) in [7, 11) is 0. The van der Waals surface area contributed by atoms with Crippen LogP contribution in [0.25, 0.3) is 6.08 Å². The number of carbonyl (C=O) groups excluding carboxylic acids is 2. The molecule has 6 nitrogen and oxygen atoms in total. The number of hydrogen-bond acceptors (Lipinski definition) is 4. The van der Waals surface area contributed by atoms with Crippen LogP contribution in [0.2, 0.25) is 0 Å². The highest BCUT2D eigenvalue weighted by Crippen LogP contribution is 2.08. The zero-order valence-electron chi connectivity index (χ0n) is 15.9. The molecule has 7 heteroatoms. The van der Waals surface area contributed by atoms with E-state index in [1.807, 2.05) is 6.07 Å². The molecule has 0 spiro atoms. The van der Waals surface area contributed by atoms with Crippen LogP contribution in [0.1, 0.15) is 27.9 Å². The zero-order valence-corrected chi connectivity index (χ0v) is 16.8. The van der Waals surface area contributed by atoms with Crippen LogP contribution in [0.4, 0.5) is 0 Å². The van der Waals surface area contributed by atoms with Crippen molar-refractivity contribution in [2.24, 2.45) is 0 Å². The van der Waals surface area contributed by atoms with Gasteiger partial charge in [0.2, 0.25) is 5.91 Å². The van der Waals surface area contributed by atoms with Gasteiger partial charge in [-0.2, -0.15) is 12.6 Å². The average molecular weight is 413 g/mol. The van der Waals surface area contributed by atoms with E-state index in [-0.39, 0.29) is 12.8 Å². The number of aliphatic carboxylic acids is 1. The Balaban J connectivity index is 2.06. The quantitative estimate of drug-likeness (QED) is 0.451. The second kappa shape index (κ2) is 11.1. The van der Waals surface area contributed by atoms with E-state index in [4.69, 9.17) is 0 Å². The number of carboxylic acid groups (broad SMARTS) is 1. The van der Waals surface area contributed by atoms with Crippen molar-refractivity contribution in [1.82, 2.24) is 10.6 Å². The lowest BCUT2D eigenvalue weighted by Gasteiger charge is -2.21. The Hall–Kier alpha value is -3.06. The van der Waals surface area contributed by atoms with Crippen LogP contribution in [0.15, 0.2) is 61.2 Å². The first kappa shape index (κ1) is 22.2. The molecule has 2 atom stereocenters. The molecule has 0 bridgehead atoms. The van der Waals surface area contributed by atoms with E-state index in [1.54, 1.807) is 54.6 Å². The van der Waals surface area contributed by atoms with Crippen molar-refractivity contribution >= 4 is 36.5 Å². The van der Waals surface area contributed by atoms with Crippen LogP contribution >= 0.6 is 12.6 Å². The van der Waals surface area contributed by atoms with Crippen molar-refractivity contribution in [3.05, 3.63) is 77.9 Å². The van der Waals surface area contributed by atoms with Gasteiger partial charge in [0.05, 0.1) is 0 Å². The Morgan fingerprint density at radius 3 is 2.21 bits per heavy atom. The molecule has 0 saturated carbocycles. The van der Waals surface area contributed by atoms with E-state index in [0.717, 1.165) is 11.1 Å². The highest BCUT2D eigenvalue weighted by atomic mass is 32.1. The molecule has 0 aromatic heterocycles. The molecule has 152 valence electrons. The van der Waals surface area contributed by atoms with E-state index in [1.165, 1.54) is 0 Å². The summed E-state index contributed by atoms with van der Waals surface area (Å²) in [5.74, 6) is -1.77. The standard InChI is InChI=1S/C22H24N2O4S/c1-2-15-8-10-17(11-9-15)20(25)23-18(12-13-29)21(26)24-19(22(27)28)14-16-6-4-3-5-7-16/h2-11,18-19,29H,1,12-14H2,(H,23,25)(H,24,26)(H,27,28)/t18?,19-/m1/s1. The smallest absolute Gasteiger partial charge is 0.326 e. The fourth-order valence-corrected chi connectivity index (χ4v) is 2.99. The summed E-state index contributed by atoms with van der Waals surface area (Å²) >= 11 is 4.14. The van der Waals surface area contributed by atoms with Crippen LogP contribution < -0.4 is 10.6 Å². The normalized spacial score (nSPS) is 12.4. The van der Waals surface area contributed by atoms with Crippen molar-refractivity contribution in [3.8, 4) is 0 Å². The Morgan fingerprint density at radius 2 is 1.66 bits per heavy atom. The average Bonchev–Trinajstić information content (AvgIpc) is 2.73. The summed E-state index contributed by atoms with van der Waals surface area (Å²) < 4.78 is 0. The summed E-state index contributed by atoms with van der Waals surface area (Å²) in [5, 5.41) is 14.7. The van der Waals surface area contributed by atoms with Crippen molar-refractivity contribution in [1.29, 1.82) is 0 Å². The topological polar surface area (TPSA) is 95.5 Å². The minimum absolute atomic E-state index is 0.145. The highest BCUT2D eigenvalue weighted by Gasteiger charge is 2.26. The largest absolute Gasteiger partial charge is 0.480 e. The summed E-state index contributed by atoms with van der Waals surface area (Å²) in [4.78, 5) is 36.8. The summed E-state index contributed by atoms with van der Waals surface area (Å²) in [5.41, 5.74) is 2.06. The van der Waals surface area contributed by atoms with Crippen molar-refractivity contribution in [2.45, 2.75) is 24.9 Å². The number of nitrogens with one attached hydrogen (secondary N) is 2. The molecule has 3 N–H and O–H groups in total. The molecule has 0 fully saturated rings. The maximum Gasteiger partial charge on any atom is 0.326 e. The second-order valence-corrected chi connectivity index (χ2v) is 6.90. The van der Waals surface area contributed by atoms with Gasteiger partial charge < -0.3 is 15.7 Å². The first-order chi connectivity index (χ1) is 13.9. The Kier molecular flexibility index (Phi) is 8.48. The Morgan fingerprint density at radius 1 is 1.00 bits per heavy atom. The molecular weight excluding hydrogens is 388 g/mol. The number of benzene rings is 2. The van der Waals surface area contributed by atoms with E-state index >= 15 is 0 Å². The van der Waals surface area contributed by atoms with Gasteiger partial charge in [0.25, 0.3) is 5.91 Å². The first-order valence-electron chi connectivity index (χ1n) is 9.16. The summed E-state index contributed by atoms with van der Waals surface area (Å²) in [6.45, 7) is 3.66. The third-order valence-corrected chi connectivity index (χ3v) is 4.60. The number of thiol groups is 1. The molecule has 0 saturated heterocycles. The maximum absolute atomic E-state index is 12.7. The lowest BCUT2D eigenvalue weighted by atomic mass is 10.0. The molecule has 2 amide bonds. The number of rotatable bonds is 10. The molecule has 2 rings (SSSR count). The molecule has 2 aromatic carbocycles. The van der Waals surface area contributed by atoms with Crippen LogP contribution in [0.5, 0.6) is 0 Å². The van der Waals surface area contributed by atoms with Crippen molar-refractivity contribution < 1.29 is 19.5 Å². The number of hydrogen-bond donors (Lipinski definition) is 4. The fraction of sp³-hybridized carbons (Fsp3) is 0.227. The molecule has 2 aromatic rings. The lowest BCUT2D eigenvalue weighted by Crippen LogP contribution is -2.52. The highest BCUT2D eigenvalue weighted by molar-refractivity contribution is 7.80.